The molecule has 1 heteroatoms. The van der Waals surface area contributed by atoms with Crippen LogP contribution in [0.2, 0.25) is 0 Å². The number of hydrogen-bond donors (Lipinski definition) is 0. The number of hydrogen-bond acceptors (Lipinski definition) is 1. The second-order valence-corrected chi connectivity index (χ2v) is 14.6. The van der Waals surface area contributed by atoms with Gasteiger partial charge in [0.15, 0.2) is 0 Å². The minimum absolute atomic E-state index is 0.0651. The molecule has 0 N–H and O–H groups in total. The van der Waals surface area contributed by atoms with Crippen LogP contribution in [0.25, 0.3) is 44.5 Å². The zero-order chi connectivity index (χ0) is 33.3. The van der Waals surface area contributed by atoms with Crippen LogP contribution in [0, 0.1) is 0 Å². The van der Waals surface area contributed by atoms with E-state index in [4.69, 9.17) is 0 Å². The van der Waals surface area contributed by atoms with Crippen molar-refractivity contribution in [2.24, 2.45) is 0 Å². The Morgan fingerprint density at radius 1 is 0.327 bits per heavy atom. The molecule has 2 aliphatic carbocycles. The van der Waals surface area contributed by atoms with Crippen molar-refractivity contribution in [3.63, 3.8) is 0 Å². The number of para-hydroxylation sites is 1. The van der Waals surface area contributed by atoms with E-state index in [2.05, 4.69) is 196 Å². The van der Waals surface area contributed by atoms with E-state index in [9.17, 15) is 0 Å². The Morgan fingerprint density at radius 3 is 1.43 bits per heavy atom. The third-order valence-electron chi connectivity index (χ3n) is 11.1. The van der Waals surface area contributed by atoms with Crippen molar-refractivity contribution in [2.45, 2.75) is 38.5 Å². The number of fused-ring (bicyclic) bond motifs is 6. The maximum Gasteiger partial charge on any atom is 0.0540 e. The highest BCUT2D eigenvalue weighted by atomic mass is 15.1. The van der Waals surface area contributed by atoms with Gasteiger partial charge in [-0.15, -0.1) is 0 Å². The summed E-state index contributed by atoms with van der Waals surface area (Å²) in [5, 5.41) is 0. The van der Waals surface area contributed by atoms with Gasteiger partial charge in [-0.3, -0.25) is 0 Å². The molecule has 0 radical (unpaired) electrons. The molecule has 0 unspecified atom stereocenters. The fourth-order valence-electron chi connectivity index (χ4n) is 8.48. The van der Waals surface area contributed by atoms with Crippen molar-refractivity contribution in [3.8, 4) is 44.5 Å². The third kappa shape index (κ3) is 4.53. The average molecular weight is 630 g/mol. The number of benzene rings is 7. The predicted octanol–water partition coefficient (Wildman–Crippen LogP) is 13.1. The Bertz CT molecular complexity index is 2380. The molecule has 0 saturated heterocycles. The molecule has 7 aromatic rings. The summed E-state index contributed by atoms with van der Waals surface area (Å²) in [7, 11) is 0. The second kappa shape index (κ2) is 10.9. The van der Waals surface area contributed by atoms with Crippen molar-refractivity contribution in [3.05, 3.63) is 186 Å². The van der Waals surface area contributed by atoms with E-state index in [1.807, 2.05) is 0 Å². The first-order chi connectivity index (χ1) is 23.8. The van der Waals surface area contributed by atoms with Crippen LogP contribution in [-0.2, 0) is 10.8 Å². The molecule has 0 heterocycles. The van der Waals surface area contributed by atoms with Crippen LogP contribution >= 0.6 is 0 Å². The monoisotopic (exact) mass is 629 g/mol. The maximum atomic E-state index is 2.45. The molecule has 0 fully saturated rings. The molecule has 236 valence electrons. The van der Waals surface area contributed by atoms with Crippen molar-refractivity contribution in [1.82, 2.24) is 0 Å². The van der Waals surface area contributed by atoms with Gasteiger partial charge in [0, 0.05) is 27.8 Å². The van der Waals surface area contributed by atoms with Gasteiger partial charge < -0.3 is 4.90 Å². The first-order valence-corrected chi connectivity index (χ1v) is 17.4. The molecular formula is C48H39N. The molecule has 0 bridgehead atoms. The average Bonchev–Trinajstić information content (AvgIpc) is 3.52. The van der Waals surface area contributed by atoms with Crippen molar-refractivity contribution >= 4 is 17.1 Å². The Morgan fingerprint density at radius 2 is 0.776 bits per heavy atom. The molecule has 9 rings (SSSR count). The zero-order valence-corrected chi connectivity index (χ0v) is 28.5. The number of anilines is 3. The molecule has 0 aliphatic heterocycles. The highest BCUT2D eigenvalue weighted by Gasteiger charge is 2.37. The van der Waals surface area contributed by atoms with E-state index >= 15 is 0 Å². The maximum absolute atomic E-state index is 2.45. The molecule has 1 nitrogen and oxygen atoms in total. The van der Waals surface area contributed by atoms with Gasteiger partial charge in [-0.2, -0.15) is 0 Å². The molecular weight excluding hydrogens is 591 g/mol. The normalized spacial score (nSPS) is 14.4. The summed E-state index contributed by atoms with van der Waals surface area (Å²) in [6, 6.07) is 60.5. The quantitative estimate of drug-likeness (QED) is 0.183. The Labute approximate surface area is 290 Å². The first-order valence-electron chi connectivity index (χ1n) is 17.4. The molecule has 0 spiro atoms. The van der Waals surface area contributed by atoms with Crippen LogP contribution in [0.3, 0.4) is 0 Å². The molecule has 0 atom stereocenters. The first kappa shape index (κ1) is 29.5. The van der Waals surface area contributed by atoms with Gasteiger partial charge in [0.25, 0.3) is 0 Å². The summed E-state index contributed by atoms with van der Waals surface area (Å²) in [4.78, 5) is 2.45. The van der Waals surface area contributed by atoms with E-state index in [1.165, 1.54) is 66.8 Å². The van der Waals surface area contributed by atoms with Gasteiger partial charge in [-0.05, 0) is 97.6 Å². The Hall–Kier alpha value is -5.66. The summed E-state index contributed by atoms with van der Waals surface area (Å²) in [6.45, 7) is 9.44. The summed E-state index contributed by atoms with van der Waals surface area (Å²) in [6.07, 6.45) is 0. The van der Waals surface area contributed by atoms with E-state index in [-0.39, 0.29) is 10.8 Å². The fourth-order valence-corrected chi connectivity index (χ4v) is 8.48. The van der Waals surface area contributed by atoms with Crippen LogP contribution in [0.4, 0.5) is 17.1 Å². The minimum atomic E-state index is -0.0924. The van der Waals surface area contributed by atoms with Crippen LogP contribution in [0.1, 0.15) is 49.9 Å². The van der Waals surface area contributed by atoms with Gasteiger partial charge >= 0.3 is 0 Å². The van der Waals surface area contributed by atoms with E-state index in [0.29, 0.717) is 0 Å². The van der Waals surface area contributed by atoms with Crippen molar-refractivity contribution in [2.75, 3.05) is 4.90 Å². The van der Waals surface area contributed by atoms with E-state index in [0.717, 1.165) is 17.1 Å². The van der Waals surface area contributed by atoms with Crippen LogP contribution in [-0.4, -0.2) is 0 Å². The summed E-state index contributed by atoms with van der Waals surface area (Å²) >= 11 is 0. The lowest BCUT2D eigenvalue weighted by Gasteiger charge is -2.30. The standard InChI is InChI=1S/C48H39N/c1-47(2)42-19-11-8-17-38(42)40-28-24-34(30-44(40)47)37-16-10-13-21-46(37)49(35-25-22-33(23-26-35)32-14-6-5-7-15-32)36-27-29-41-39-18-9-12-20-43(39)48(3,4)45(41)31-36/h5-31H,1-4H3. The third-order valence-corrected chi connectivity index (χ3v) is 11.1. The highest BCUT2D eigenvalue weighted by molar-refractivity contribution is 5.92. The van der Waals surface area contributed by atoms with Crippen LogP contribution in [0.5, 0.6) is 0 Å². The molecule has 7 aromatic carbocycles. The zero-order valence-electron chi connectivity index (χ0n) is 28.5. The SMILES string of the molecule is CC1(C)c2ccccc2-c2ccc(-c3ccccc3N(c3ccc(-c4ccccc4)cc3)c3ccc4c(c3)C(C)(C)c3ccccc3-4)cc21. The molecule has 0 amide bonds. The van der Waals surface area contributed by atoms with Crippen LogP contribution in [0.15, 0.2) is 164 Å². The number of rotatable bonds is 5. The van der Waals surface area contributed by atoms with Crippen molar-refractivity contribution < 1.29 is 0 Å². The lowest BCUT2D eigenvalue weighted by Crippen LogP contribution is -2.17. The highest BCUT2D eigenvalue weighted by Crippen LogP contribution is 2.53. The van der Waals surface area contributed by atoms with Crippen molar-refractivity contribution in [1.29, 1.82) is 0 Å². The van der Waals surface area contributed by atoms with Gasteiger partial charge in [-0.1, -0.05) is 155 Å². The van der Waals surface area contributed by atoms with Gasteiger partial charge in [0.2, 0.25) is 0 Å². The lowest BCUT2D eigenvalue weighted by molar-refractivity contribution is 0.660. The second-order valence-electron chi connectivity index (χ2n) is 14.6. The smallest absolute Gasteiger partial charge is 0.0540 e. The van der Waals surface area contributed by atoms with Gasteiger partial charge in [0.05, 0.1) is 5.69 Å². The Kier molecular flexibility index (Phi) is 6.58. The fraction of sp³-hybridized carbons (Fsp3) is 0.125. The molecule has 0 saturated carbocycles. The summed E-state index contributed by atoms with van der Waals surface area (Å²) in [5.74, 6) is 0. The van der Waals surface area contributed by atoms with Gasteiger partial charge in [-0.25, -0.2) is 0 Å². The lowest BCUT2D eigenvalue weighted by atomic mass is 9.81. The number of nitrogens with zero attached hydrogens (tertiary/aromatic N) is 1. The van der Waals surface area contributed by atoms with E-state index < -0.39 is 0 Å². The molecule has 49 heavy (non-hydrogen) atoms. The van der Waals surface area contributed by atoms with E-state index in [1.54, 1.807) is 0 Å². The minimum Gasteiger partial charge on any atom is -0.310 e. The Balaban J connectivity index is 1.22. The van der Waals surface area contributed by atoms with Gasteiger partial charge in [0.1, 0.15) is 0 Å². The predicted molar refractivity (Wildman–Crippen MR) is 207 cm³/mol. The molecule has 0 aromatic heterocycles. The largest absolute Gasteiger partial charge is 0.310 e. The summed E-state index contributed by atoms with van der Waals surface area (Å²) in [5.41, 5.74) is 19.1. The summed E-state index contributed by atoms with van der Waals surface area (Å²) < 4.78 is 0. The topological polar surface area (TPSA) is 3.24 Å². The molecule has 2 aliphatic rings. The van der Waals surface area contributed by atoms with Crippen LogP contribution < -0.4 is 4.90 Å².